The summed E-state index contributed by atoms with van der Waals surface area (Å²) in [5, 5.41) is 2.53. The highest BCUT2D eigenvalue weighted by molar-refractivity contribution is 6.31. The molecule has 1 unspecified atom stereocenters. The zero-order valence-electron chi connectivity index (χ0n) is 11.0. The Morgan fingerprint density at radius 1 is 1.43 bits per heavy atom. The van der Waals surface area contributed by atoms with Gasteiger partial charge in [-0.05, 0) is 13.0 Å². The molecule has 0 saturated carbocycles. The predicted molar refractivity (Wildman–Crippen MR) is 78.5 cm³/mol. The highest BCUT2D eigenvalue weighted by Crippen LogP contribution is 2.34. The first-order valence-electron chi connectivity index (χ1n) is 6.09. The number of imide groups is 1. The van der Waals surface area contributed by atoms with Gasteiger partial charge in [-0.2, -0.15) is 0 Å². The Hall–Kier alpha value is -1.66. The monoisotopic (exact) mass is 331 g/mol. The molecule has 1 atom stereocenters. The van der Waals surface area contributed by atoms with Crippen molar-refractivity contribution in [1.82, 2.24) is 10.2 Å². The van der Waals surface area contributed by atoms with E-state index in [0.717, 1.165) is 0 Å². The van der Waals surface area contributed by atoms with Crippen LogP contribution in [0.3, 0.4) is 0 Å². The van der Waals surface area contributed by atoms with Gasteiger partial charge in [0.2, 0.25) is 11.8 Å². The minimum absolute atomic E-state index is 0. The van der Waals surface area contributed by atoms with E-state index in [2.05, 4.69) is 10.3 Å². The maximum absolute atomic E-state index is 13.3. The molecule has 0 radical (unpaired) electrons. The number of nitrogens with one attached hydrogen (secondary N) is 1. The number of amidine groups is 1. The fourth-order valence-corrected chi connectivity index (χ4v) is 2.76. The zero-order valence-corrected chi connectivity index (χ0v) is 12.6. The van der Waals surface area contributed by atoms with Crippen LogP contribution in [0.1, 0.15) is 18.9 Å². The molecule has 112 valence electrons. The summed E-state index contributed by atoms with van der Waals surface area (Å²) >= 11 is 6.03. The Morgan fingerprint density at radius 3 is 2.76 bits per heavy atom. The van der Waals surface area contributed by atoms with Gasteiger partial charge in [0.1, 0.15) is 17.7 Å². The summed E-state index contributed by atoms with van der Waals surface area (Å²) in [5.41, 5.74) is 1.12. The second-order valence-electron chi connectivity index (χ2n) is 4.80. The molecule has 1 saturated heterocycles. The van der Waals surface area contributed by atoms with Gasteiger partial charge in [-0.1, -0.05) is 11.6 Å². The van der Waals surface area contributed by atoms with Gasteiger partial charge < -0.3 is 4.90 Å². The molecule has 1 aromatic rings. The van der Waals surface area contributed by atoms with E-state index in [0.29, 0.717) is 23.6 Å². The Labute approximate surface area is 131 Å². The summed E-state index contributed by atoms with van der Waals surface area (Å²) in [5.74, 6) is -0.531. The molecule has 0 aromatic heterocycles. The fourth-order valence-electron chi connectivity index (χ4n) is 2.50. The summed E-state index contributed by atoms with van der Waals surface area (Å²) in [4.78, 5) is 29.0. The zero-order chi connectivity index (χ0) is 14.4. The van der Waals surface area contributed by atoms with E-state index in [9.17, 15) is 14.0 Å². The summed E-state index contributed by atoms with van der Waals surface area (Å²) in [6.07, 6.45) is 0.0971. The Kier molecular flexibility index (Phi) is 4.20. The van der Waals surface area contributed by atoms with Crippen molar-refractivity contribution in [2.24, 2.45) is 4.99 Å². The van der Waals surface area contributed by atoms with Crippen molar-refractivity contribution in [1.29, 1.82) is 0 Å². The second kappa shape index (κ2) is 5.61. The van der Waals surface area contributed by atoms with Crippen LogP contribution in [0, 0.1) is 5.82 Å². The van der Waals surface area contributed by atoms with Crippen molar-refractivity contribution in [3.63, 3.8) is 0 Å². The lowest BCUT2D eigenvalue weighted by Crippen LogP contribution is -2.44. The maximum Gasteiger partial charge on any atom is 0.249 e. The van der Waals surface area contributed by atoms with E-state index in [1.54, 1.807) is 11.8 Å². The van der Waals surface area contributed by atoms with Gasteiger partial charge in [0, 0.05) is 18.2 Å². The van der Waals surface area contributed by atoms with Crippen molar-refractivity contribution >= 4 is 47.3 Å². The molecule has 0 spiro atoms. The minimum Gasteiger partial charge on any atom is -0.343 e. The first-order valence-corrected chi connectivity index (χ1v) is 6.47. The van der Waals surface area contributed by atoms with Crippen LogP contribution in [0.2, 0.25) is 5.02 Å². The molecule has 0 aliphatic carbocycles. The Bertz CT molecular complexity index is 663. The molecule has 3 rings (SSSR count). The van der Waals surface area contributed by atoms with Gasteiger partial charge in [0.25, 0.3) is 0 Å². The van der Waals surface area contributed by atoms with Crippen LogP contribution >= 0.6 is 24.0 Å². The van der Waals surface area contributed by atoms with Gasteiger partial charge >= 0.3 is 0 Å². The van der Waals surface area contributed by atoms with Gasteiger partial charge in [-0.25, -0.2) is 9.38 Å². The lowest BCUT2D eigenvalue weighted by atomic mass is 10.1. The lowest BCUT2D eigenvalue weighted by molar-refractivity contribution is -0.125. The van der Waals surface area contributed by atoms with Gasteiger partial charge in [0.05, 0.1) is 17.1 Å². The molecule has 2 aliphatic rings. The molecular formula is C13H12Cl2FN3O2. The molecule has 2 amide bonds. The SMILES string of the molecule is CC1=Nc2cc(F)cc(Cl)c2CN1C1CC(=O)NC1=O.Cl. The molecule has 1 fully saturated rings. The number of aliphatic imine (C=N–C) groups is 1. The fraction of sp³-hybridized carbons (Fsp3) is 0.308. The first-order chi connectivity index (χ1) is 9.45. The largest absolute Gasteiger partial charge is 0.343 e. The van der Waals surface area contributed by atoms with Gasteiger partial charge in [-0.3, -0.25) is 14.9 Å². The quantitative estimate of drug-likeness (QED) is 0.802. The Balaban J connectivity index is 0.00000161. The molecule has 2 heterocycles. The van der Waals surface area contributed by atoms with E-state index in [1.165, 1.54) is 12.1 Å². The van der Waals surface area contributed by atoms with Crippen LogP contribution in [0.25, 0.3) is 0 Å². The third kappa shape index (κ3) is 2.73. The number of hydrogen-bond acceptors (Lipinski definition) is 4. The topological polar surface area (TPSA) is 61.8 Å². The minimum atomic E-state index is -0.583. The van der Waals surface area contributed by atoms with Crippen molar-refractivity contribution < 1.29 is 14.0 Å². The molecule has 8 heteroatoms. The number of rotatable bonds is 1. The number of hydrogen-bond donors (Lipinski definition) is 1. The van der Waals surface area contributed by atoms with Crippen molar-refractivity contribution in [2.75, 3.05) is 0 Å². The van der Waals surface area contributed by atoms with Crippen LogP contribution in [0.4, 0.5) is 10.1 Å². The average molecular weight is 332 g/mol. The predicted octanol–water partition coefficient (Wildman–Crippen LogP) is 2.18. The van der Waals surface area contributed by atoms with E-state index < -0.39 is 11.9 Å². The Morgan fingerprint density at radius 2 is 2.14 bits per heavy atom. The normalized spacial score (nSPS) is 20.6. The molecule has 1 N–H and O–H groups in total. The van der Waals surface area contributed by atoms with Crippen LogP contribution < -0.4 is 5.32 Å². The number of carbonyl (C=O) groups excluding carboxylic acids is 2. The number of fused-ring (bicyclic) bond motifs is 1. The third-order valence-electron chi connectivity index (χ3n) is 3.48. The number of benzene rings is 1. The van der Waals surface area contributed by atoms with E-state index in [1.807, 2.05) is 0 Å². The number of carbonyl (C=O) groups is 2. The third-order valence-corrected chi connectivity index (χ3v) is 3.82. The molecule has 1 aromatic carbocycles. The number of nitrogens with zero attached hydrogens (tertiary/aromatic N) is 2. The van der Waals surface area contributed by atoms with Crippen molar-refractivity contribution in [3.05, 3.63) is 28.5 Å². The number of halogens is 3. The van der Waals surface area contributed by atoms with Gasteiger partial charge in [0.15, 0.2) is 0 Å². The molecular weight excluding hydrogens is 320 g/mol. The standard InChI is InChI=1S/C13H11ClFN3O2.ClH/c1-6-16-10-3-7(15)2-9(14)8(10)5-18(6)11-4-12(19)17-13(11)20;/h2-3,11H,4-5H2,1H3,(H,17,19,20);1H. The summed E-state index contributed by atoms with van der Waals surface area (Å²) in [6.45, 7) is 2.05. The molecule has 0 bridgehead atoms. The van der Waals surface area contributed by atoms with E-state index in [-0.39, 0.29) is 35.7 Å². The highest BCUT2D eigenvalue weighted by atomic mass is 35.5. The van der Waals surface area contributed by atoms with Gasteiger partial charge in [-0.15, -0.1) is 12.4 Å². The van der Waals surface area contributed by atoms with Crippen LogP contribution in [0.5, 0.6) is 0 Å². The van der Waals surface area contributed by atoms with E-state index in [4.69, 9.17) is 11.6 Å². The molecule has 5 nitrogen and oxygen atoms in total. The number of amides is 2. The average Bonchev–Trinajstić information content (AvgIpc) is 2.67. The lowest BCUT2D eigenvalue weighted by Gasteiger charge is -2.32. The summed E-state index contributed by atoms with van der Waals surface area (Å²) < 4.78 is 13.3. The van der Waals surface area contributed by atoms with Crippen molar-refractivity contribution in [3.8, 4) is 0 Å². The molecule has 21 heavy (non-hydrogen) atoms. The summed E-state index contributed by atoms with van der Waals surface area (Å²) in [7, 11) is 0. The van der Waals surface area contributed by atoms with Crippen molar-refractivity contribution in [2.45, 2.75) is 25.9 Å². The second-order valence-corrected chi connectivity index (χ2v) is 5.21. The maximum atomic E-state index is 13.3. The van der Waals surface area contributed by atoms with Crippen LogP contribution in [0.15, 0.2) is 17.1 Å². The highest BCUT2D eigenvalue weighted by Gasteiger charge is 2.37. The first kappa shape index (κ1) is 15.7. The van der Waals surface area contributed by atoms with Crippen LogP contribution in [-0.2, 0) is 16.1 Å². The van der Waals surface area contributed by atoms with Crippen LogP contribution in [-0.4, -0.2) is 28.6 Å². The van der Waals surface area contributed by atoms with E-state index >= 15 is 0 Å². The summed E-state index contributed by atoms with van der Waals surface area (Å²) in [6, 6.07) is 1.94. The molecule has 2 aliphatic heterocycles. The smallest absolute Gasteiger partial charge is 0.249 e.